The highest BCUT2D eigenvalue weighted by molar-refractivity contribution is 14.1. The second-order valence-electron chi connectivity index (χ2n) is 4.72. The van der Waals surface area contributed by atoms with Crippen molar-refractivity contribution in [3.05, 3.63) is 26.3 Å². The monoisotopic (exact) mass is 364 g/mol. The quantitative estimate of drug-likeness (QED) is 0.611. The van der Waals surface area contributed by atoms with Gasteiger partial charge in [0.1, 0.15) is 5.82 Å². The van der Waals surface area contributed by atoms with Gasteiger partial charge in [-0.15, -0.1) is 0 Å². The summed E-state index contributed by atoms with van der Waals surface area (Å²) in [6.07, 6.45) is 0.932. The standard InChI is InChI=1S/C12H14FIN2S/c1-4-12(2,3)16-10-5-7(13)8(14)6-9(10)15-11(16)17/h5-6H,4H2,1-3H3,(H,15,17). The average molecular weight is 364 g/mol. The van der Waals surface area contributed by atoms with Crippen LogP contribution in [0.5, 0.6) is 0 Å². The van der Waals surface area contributed by atoms with Crippen molar-refractivity contribution in [1.82, 2.24) is 9.55 Å². The Hall–Kier alpha value is -0.430. The lowest BCUT2D eigenvalue weighted by molar-refractivity contribution is 0.348. The lowest BCUT2D eigenvalue weighted by atomic mass is 10.0. The minimum absolute atomic E-state index is 0.117. The highest BCUT2D eigenvalue weighted by atomic mass is 127. The van der Waals surface area contributed by atoms with E-state index in [1.165, 1.54) is 0 Å². The largest absolute Gasteiger partial charge is 0.331 e. The summed E-state index contributed by atoms with van der Waals surface area (Å²) in [6, 6.07) is 3.35. The molecule has 0 atom stereocenters. The molecule has 0 aliphatic rings. The highest BCUT2D eigenvalue weighted by Gasteiger charge is 2.22. The van der Waals surface area contributed by atoms with Gasteiger partial charge < -0.3 is 9.55 Å². The van der Waals surface area contributed by atoms with Crippen LogP contribution in [0.15, 0.2) is 12.1 Å². The van der Waals surface area contributed by atoms with Gasteiger partial charge in [-0.3, -0.25) is 0 Å². The molecule has 0 spiro atoms. The van der Waals surface area contributed by atoms with Crippen molar-refractivity contribution in [1.29, 1.82) is 0 Å². The van der Waals surface area contributed by atoms with Crippen molar-refractivity contribution in [2.24, 2.45) is 0 Å². The molecule has 92 valence electrons. The van der Waals surface area contributed by atoms with Crippen LogP contribution in [0.1, 0.15) is 27.2 Å². The van der Waals surface area contributed by atoms with Crippen molar-refractivity contribution >= 4 is 45.8 Å². The smallest absolute Gasteiger partial charge is 0.178 e. The normalized spacial score (nSPS) is 12.3. The predicted molar refractivity (Wildman–Crippen MR) is 79.4 cm³/mol. The lowest BCUT2D eigenvalue weighted by Gasteiger charge is -2.25. The molecular formula is C12H14FIN2S. The molecule has 0 bridgehead atoms. The van der Waals surface area contributed by atoms with Crippen molar-refractivity contribution in [2.45, 2.75) is 32.7 Å². The zero-order valence-corrected chi connectivity index (χ0v) is 12.9. The Labute approximate surface area is 118 Å². The number of aromatic amines is 1. The second-order valence-corrected chi connectivity index (χ2v) is 6.26. The van der Waals surface area contributed by atoms with Gasteiger partial charge in [0, 0.05) is 11.6 Å². The van der Waals surface area contributed by atoms with E-state index in [9.17, 15) is 4.39 Å². The SMILES string of the molecule is CCC(C)(C)n1c(=S)[nH]c2cc(I)c(F)cc21. The van der Waals surface area contributed by atoms with Crippen LogP contribution in [-0.4, -0.2) is 9.55 Å². The summed E-state index contributed by atoms with van der Waals surface area (Å²) >= 11 is 7.32. The van der Waals surface area contributed by atoms with Crippen molar-refractivity contribution in [3.63, 3.8) is 0 Å². The summed E-state index contributed by atoms with van der Waals surface area (Å²) in [4.78, 5) is 3.14. The van der Waals surface area contributed by atoms with Crippen LogP contribution in [0.4, 0.5) is 4.39 Å². The lowest BCUT2D eigenvalue weighted by Crippen LogP contribution is -2.25. The first-order valence-corrected chi connectivity index (χ1v) is 6.96. The molecule has 1 aromatic heterocycles. The van der Waals surface area contributed by atoms with Gasteiger partial charge in [-0.05, 0) is 61.1 Å². The Bertz CT molecular complexity index is 627. The van der Waals surface area contributed by atoms with Gasteiger partial charge in [-0.2, -0.15) is 0 Å². The van der Waals surface area contributed by atoms with E-state index >= 15 is 0 Å². The van der Waals surface area contributed by atoms with Crippen LogP contribution in [0.25, 0.3) is 11.0 Å². The number of rotatable bonds is 2. The fourth-order valence-electron chi connectivity index (χ4n) is 1.86. The van der Waals surface area contributed by atoms with E-state index in [0.717, 1.165) is 17.5 Å². The summed E-state index contributed by atoms with van der Waals surface area (Å²) < 4.78 is 16.9. The molecule has 1 heterocycles. The molecular weight excluding hydrogens is 350 g/mol. The van der Waals surface area contributed by atoms with Crippen molar-refractivity contribution in [3.8, 4) is 0 Å². The summed E-state index contributed by atoms with van der Waals surface area (Å²) in [5.41, 5.74) is 1.61. The number of hydrogen-bond donors (Lipinski definition) is 1. The van der Waals surface area contributed by atoms with Gasteiger partial charge in [-0.1, -0.05) is 6.92 Å². The summed E-state index contributed by atoms with van der Waals surface area (Å²) in [7, 11) is 0. The summed E-state index contributed by atoms with van der Waals surface area (Å²) in [6.45, 7) is 6.31. The molecule has 0 radical (unpaired) electrons. The first-order valence-electron chi connectivity index (χ1n) is 5.47. The minimum Gasteiger partial charge on any atom is -0.331 e. The number of nitrogens with one attached hydrogen (secondary N) is 1. The predicted octanol–water partition coefficient (Wildman–Crippen LogP) is 4.59. The van der Waals surface area contributed by atoms with Gasteiger partial charge in [0.2, 0.25) is 0 Å². The molecule has 0 saturated carbocycles. The Morgan fingerprint density at radius 2 is 2.12 bits per heavy atom. The summed E-state index contributed by atoms with van der Waals surface area (Å²) in [5, 5.41) is 0. The van der Waals surface area contributed by atoms with E-state index < -0.39 is 0 Å². The maximum atomic E-state index is 13.7. The van der Waals surface area contributed by atoms with Crippen LogP contribution in [0.3, 0.4) is 0 Å². The Morgan fingerprint density at radius 1 is 1.47 bits per heavy atom. The highest BCUT2D eigenvalue weighted by Crippen LogP contribution is 2.28. The number of fused-ring (bicyclic) bond motifs is 1. The van der Waals surface area contributed by atoms with Crippen molar-refractivity contribution in [2.75, 3.05) is 0 Å². The zero-order chi connectivity index (χ0) is 12.8. The number of imidazole rings is 1. The summed E-state index contributed by atoms with van der Waals surface area (Å²) in [5.74, 6) is -0.201. The molecule has 0 saturated heterocycles. The van der Waals surface area contributed by atoms with Gasteiger partial charge in [0.25, 0.3) is 0 Å². The van der Waals surface area contributed by atoms with Gasteiger partial charge in [0.05, 0.1) is 14.6 Å². The zero-order valence-electron chi connectivity index (χ0n) is 9.97. The first kappa shape index (κ1) is 13.0. The maximum Gasteiger partial charge on any atom is 0.178 e. The van der Waals surface area contributed by atoms with Gasteiger partial charge in [0.15, 0.2) is 4.77 Å². The number of hydrogen-bond acceptors (Lipinski definition) is 1. The fraction of sp³-hybridized carbons (Fsp3) is 0.417. The Morgan fingerprint density at radius 3 is 2.71 bits per heavy atom. The maximum absolute atomic E-state index is 13.7. The van der Waals surface area contributed by atoms with E-state index in [1.54, 1.807) is 12.1 Å². The number of benzene rings is 1. The molecule has 5 heteroatoms. The first-order chi connectivity index (χ1) is 7.86. The van der Waals surface area contributed by atoms with E-state index in [1.807, 2.05) is 27.2 Å². The van der Waals surface area contributed by atoms with Crippen LogP contribution in [0.2, 0.25) is 0 Å². The number of halogens is 2. The third-order valence-electron chi connectivity index (χ3n) is 3.19. The van der Waals surface area contributed by atoms with E-state index in [-0.39, 0.29) is 11.4 Å². The van der Waals surface area contributed by atoms with Crippen molar-refractivity contribution < 1.29 is 4.39 Å². The van der Waals surface area contributed by atoms with Crippen LogP contribution in [-0.2, 0) is 5.54 Å². The van der Waals surface area contributed by atoms with E-state index in [2.05, 4.69) is 25.8 Å². The molecule has 0 unspecified atom stereocenters. The second kappa shape index (κ2) is 4.35. The number of H-pyrrole nitrogens is 1. The third-order valence-corrected chi connectivity index (χ3v) is 4.31. The molecule has 2 aromatic rings. The van der Waals surface area contributed by atoms with Crippen LogP contribution >= 0.6 is 34.8 Å². The molecule has 2 nitrogen and oxygen atoms in total. The average Bonchev–Trinajstić information content (AvgIpc) is 2.55. The molecule has 1 aromatic carbocycles. The number of nitrogens with zero attached hydrogens (tertiary/aromatic N) is 1. The van der Waals surface area contributed by atoms with E-state index in [0.29, 0.717) is 8.34 Å². The fourth-order valence-corrected chi connectivity index (χ4v) is 2.78. The van der Waals surface area contributed by atoms with Crippen LogP contribution < -0.4 is 0 Å². The molecule has 2 rings (SSSR count). The molecule has 0 amide bonds. The molecule has 17 heavy (non-hydrogen) atoms. The van der Waals surface area contributed by atoms with Crippen LogP contribution in [0, 0.1) is 14.2 Å². The minimum atomic E-state index is -0.201. The molecule has 1 N–H and O–H groups in total. The van der Waals surface area contributed by atoms with Gasteiger partial charge >= 0.3 is 0 Å². The Balaban J connectivity index is 2.85. The topological polar surface area (TPSA) is 20.7 Å². The van der Waals surface area contributed by atoms with Gasteiger partial charge in [-0.25, -0.2) is 4.39 Å². The third kappa shape index (κ3) is 2.14. The molecule has 0 aliphatic carbocycles. The number of aromatic nitrogens is 2. The molecule has 0 aliphatic heterocycles. The molecule has 0 fully saturated rings. The van der Waals surface area contributed by atoms with E-state index in [4.69, 9.17) is 12.2 Å². The Kier molecular flexibility index (Phi) is 3.33.